The van der Waals surface area contributed by atoms with Crippen LogP contribution in [0.1, 0.15) is 24.5 Å². The van der Waals surface area contributed by atoms with E-state index in [2.05, 4.69) is 48.4 Å². The molecule has 17 heavy (non-hydrogen) atoms. The van der Waals surface area contributed by atoms with Crippen LogP contribution in [0.5, 0.6) is 0 Å². The first-order chi connectivity index (χ1) is 8.24. The Balaban J connectivity index is 3.06. The zero-order chi connectivity index (χ0) is 12.7. The number of rotatable bonds is 6. The molecular weight excluding hydrogens is 208 g/mol. The Hall–Kier alpha value is -1.70. The Morgan fingerprint density at radius 1 is 1.29 bits per heavy atom. The van der Waals surface area contributed by atoms with E-state index in [4.69, 9.17) is 0 Å². The summed E-state index contributed by atoms with van der Waals surface area (Å²) >= 11 is 0. The van der Waals surface area contributed by atoms with Crippen LogP contribution in [0, 0.1) is 0 Å². The Morgan fingerprint density at radius 2 is 2.00 bits per heavy atom. The van der Waals surface area contributed by atoms with Crippen LogP contribution in [0.25, 0.3) is 5.57 Å². The number of nitrogens with one attached hydrogen (secondary N) is 2. The molecule has 0 saturated heterocycles. The topological polar surface area (TPSA) is 24.1 Å². The first-order valence-corrected chi connectivity index (χ1v) is 6.07. The molecule has 2 N–H and O–H groups in total. The van der Waals surface area contributed by atoms with E-state index < -0.39 is 0 Å². The third-order valence-corrected chi connectivity index (χ3v) is 2.74. The predicted octanol–water partition coefficient (Wildman–Crippen LogP) is 2.93. The Morgan fingerprint density at radius 3 is 2.59 bits per heavy atom. The van der Waals surface area contributed by atoms with Crippen LogP contribution >= 0.6 is 0 Å². The van der Waals surface area contributed by atoms with Crippen molar-refractivity contribution >= 4 is 5.57 Å². The van der Waals surface area contributed by atoms with Crippen LogP contribution in [0.3, 0.4) is 0 Å². The van der Waals surface area contributed by atoms with Crippen molar-refractivity contribution < 1.29 is 0 Å². The normalized spacial score (nSPS) is 11.1. The van der Waals surface area contributed by atoms with Gasteiger partial charge in [0, 0.05) is 20.3 Å². The number of aryl methyl sites for hydroxylation is 1. The molecular formula is C15H22N2. The van der Waals surface area contributed by atoms with E-state index in [0.29, 0.717) is 0 Å². The second kappa shape index (κ2) is 6.79. The first-order valence-electron chi connectivity index (χ1n) is 6.07. The number of benzene rings is 1. The number of allylic oxidation sites excluding steroid dienone is 1. The fourth-order valence-electron chi connectivity index (χ4n) is 1.90. The van der Waals surface area contributed by atoms with Gasteiger partial charge in [0.05, 0.1) is 5.70 Å². The van der Waals surface area contributed by atoms with Crippen molar-refractivity contribution in [3.05, 3.63) is 53.9 Å². The molecule has 0 unspecified atom stereocenters. The van der Waals surface area contributed by atoms with Crippen LogP contribution < -0.4 is 10.6 Å². The zero-order valence-corrected chi connectivity index (χ0v) is 11.0. The van der Waals surface area contributed by atoms with Crippen molar-refractivity contribution in [3.63, 3.8) is 0 Å². The molecule has 0 amide bonds. The molecule has 1 aromatic carbocycles. The number of hydrogen-bond acceptors (Lipinski definition) is 2. The molecule has 0 aliphatic carbocycles. The Kier molecular flexibility index (Phi) is 5.34. The average molecular weight is 230 g/mol. The summed E-state index contributed by atoms with van der Waals surface area (Å²) in [5.41, 5.74) is 4.64. The lowest BCUT2D eigenvalue weighted by atomic mass is 9.96. The van der Waals surface area contributed by atoms with Gasteiger partial charge in [-0.2, -0.15) is 0 Å². The second-order valence-corrected chi connectivity index (χ2v) is 3.98. The minimum atomic E-state index is 1.02. The van der Waals surface area contributed by atoms with Crippen molar-refractivity contribution in [2.24, 2.45) is 0 Å². The smallest absolute Gasteiger partial charge is 0.0570 e. The van der Waals surface area contributed by atoms with E-state index in [-0.39, 0.29) is 0 Å². The number of likely N-dealkylation sites (N-methyl/N-ethyl adjacent to an activating group) is 1. The summed E-state index contributed by atoms with van der Waals surface area (Å²) in [5, 5.41) is 6.21. The molecule has 0 aromatic heterocycles. The van der Waals surface area contributed by atoms with E-state index in [9.17, 15) is 0 Å². The fraction of sp³-hybridized carbons (Fsp3) is 0.333. The van der Waals surface area contributed by atoms with Gasteiger partial charge in [-0.15, -0.1) is 0 Å². The summed E-state index contributed by atoms with van der Waals surface area (Å²) in [5.74, 6) is 0. The molecule has 92 valence electrons. The van der Waals surface area contributed by atoms with Crippen molar-refractivity contribution in [1.29, 1.82) is 0 Å². The zero-order valence-electron chi connectivity index (χ0n) is 11.0. The van der Waals surface area contributed by atoms with Gasteiger partial charge in [0.15, 0.2) is 0 Å². The van der Waals surface area contributed by atoms with Gasteiger partial charge in [0.2, 0.25) is 0 Å². The molecule has 0 saturated carbocycles. The molecule has 1 aromatic rings. The second-order valence-electron chi connectivity index (χ2n) is 3.98. The van der Waals surface area contributed by atoms with Gasteiger partial charge in [-0.05, 0) is 23.1 Å². The minimum absolute atomic E-state index is 1.02. The summed E-state index contributed by atoms with van der Waals surface area (Å²) in [7, 11) is 3.80. The SMILES string of the molecule is C=C(/C(=C\NC)NC)c1ccccc1CCC. The van der Waals surface area contributed by atoms with Crippen LogP contribution in [-0.4, -0.2) is 14.1 Å². The summed E-state index contributed by atoms with van der Waals surface area (Å²) < 4.78 is 0. The number of hydrogen-bond donors (Lipinski definition) is 2. The van der Waals surface area contributed by atoms with E-state index in [1.165, 1.54) is 11.1 Å². The highest BCUT2D eigenvalue weighted by atomic mass is 14.9. The first kappa shape index (κ1) is 13.4. The highest BCUT2D eigenvalue weighted by Gasteiger charge is 2.08. The van der Waals surface area contributed by atoms with E-state index in [1.807, 2.05) is 20.3 Å². The van der Waals surface area contributed by atoms with Gasteiger partial charge < -0.3 is 10.6 Å². The van der Waals surface area contributed by atoms with Gasteiger partial charge in [-0.1, -0.05) is 44.2 Å². The van der Waals surface area contributed by atoms with Gasteiger partial charge in [0.25, 0.3) is 0 Å². The van der Waals surface area contributed by atoms with Crippen molar-refractivity contribution in [2.75, 3.05) is 14.1 Å². The standard InChI is InChI=1S/C15H22N2/c1-5-8-13-9-6-7-10-14(13)12(2)15(17-4)11-16-3/h6-7,9-11,16-17H,2,5,8H2,1,3-4H3/b15-11+. The van der Waals surface area contributed by atoms with Gasteiger partial charge in [-0.25, -0.2) is 0 Å². The van der Waals surface area contributed by atoms with Crippen LogP contribution in [0.4, 0.5) is 0 Å². The Labute approximate surface area is 104 Å². The van der Waals surface area contributed by atoms with Crippen molar-refractivity contribution in [3.8, 4) is 0 Å². The minimum Gasteiger partial charge on any atom is -0.392 e. The third-order valence-electron chi connectivity index (χ3n) is 2.74. The van der Waals surface area contributed by atoms with Crippen LogP contribution in [0.15, 0.2) is 42.7 Å². The summed E-state index contributed by atoms with van der Waals surface area (Å²) in [4.78, 5) is 0. The highest BCUT2D eigenvalue weighted by Crippen LogP contribution is 2.23. The highest BCUT2D eigenvalue weighted by molar-refractivity contribution is 5.78. The molecule has 0 aliphatic heterocycles. The molecule has 0 spiro atoms. The molecule has 0 fully saturated rings. The van der Waals surface area contributed by atoms with Crippen LogP contribution in [-0.2, 0) is 6.42 Å². The molecule has 0 radical (unpaired) electrons. The largest absolute Gasteiger partial charge is 0.392 e. The third kappa shape index (κ3) is 3.38. The van der Waals surface area contributed by atoms with Crippen molar-refractivity contribution in [2.45, 2.75) is 19.8 Å². The molecule has 2 heteroatoms. The Bertz CT molecular complexity index is 405. The summed E-state index contributed by atoms with van der Waals surface area (Å²) in [6, 6.07) is 8.46. The molecule has 0 atom stereocenters. The fourth-order valence-corrected chi connectivity index (χ4v) is 1.90. The van der Waals surface area contributed by atoms with Gasteiger partial charge in [-0.3, -0.25) is 0 Å². The summed E-state index contributed by atoms with van der Waals surface area (Å²) in [6.45, 7) is 6.38. The lowest BCUT2D eigenvalue weighted by Crippen LogP contribution is -2.12. The maximum Gasteiger partial charge on any atom is 0.0570 e. The quantitative estimate of drug-likeness (QED) is 0.734. The average Bonchev–Trinajstić information content (AvgIpc) is 2.36. The maximum atomic E-state index is 4.19. The van der Waals surface area contributed by atoms with Crippen molar-refractivity contribution in [1.82, 2.24) is 10.6 Å². The van der Waals surface area contributed by atoms with E-state index >= 15 is 0 Å². The van der Waals surface area contributed by atoms with Gasteiger partial charge >= 0.3 is 0 Å². The maximum absolute atomic E-state index is 4.19. The predicted molar refractivity (Wildman–Crippen MR) is 75.7 cm³/mol. The molecule has 1 rings (SSSR count). The summed E-state index contributed by atoms with van der Waals surface area (Å²) in [6.07, 6.45) is 4.17. The lowest BCUT2D eigenvalue weighted by molar-refractivity contribution is 0.916. The molecule has 0 aliphatic rings. The molecule has 0 bridgehead atoms. The van der Waals surface area contributed by atoms with Gasteiger partial charge in [0.1, 0.15) is 0 Å². The monoisotopic (exact) mass is 230 g/mol. The molecule has 0 heterocycles. The molecule has 2 nitrogen and oxygen atoms in total. The van der Waals surface area contributed by atoms with E-state index in [0.717, 1.165) is 24.1 Å². The van der Waals surface area contributed by atoms with Crippen LogP contribution in [0.2, 0.25) is 0 Å². The lowest BCUT2D eigenvalue weighted by Gasteiger charge is -2.14. The van der Waals surface area contributed by atoms with E-state index in [1.54, 1.807) is 0 Å².